The Morgan fingerprint density at radius 3 is 2.86 bits per heavy atom. The van der Waals surface area contributed by atoms with E-state index in [1.807, 2.05) is 12.1 Å². The van der Waals surface area contributed by atoms with E-state index < -0.39 is 10.0 Å². The van der Waals surface area contributed by atoms with Gasteiger partial charge in [-0.3, -0.25) is 9.71 Å². The number of amidine groups is 1. The molecule has 22 heavy (non-hydrogen) atoms. The molecular weight excluding hydrogens is 302 g/mol. The first-order chi connectivity index (χ1) is 10.5. The summed E-state index contributed by atoms with van der Waals surface area (Å²) >= 11 is 0. The van der Waals surface area contributed by atoms with E-state index in [1.165, 1.54) is 0 Å². The zero-order chi connectivity index (χ0) is 15.7. The molecule has 1 aliphatic carbocycles. The number of ether oxygens (including phenoxy) is 1. The Balaban J connectivity index is 2.08. The van der Waals surface area contributed by atoms with Gasteiger partial charge in [-0.2, -0.15) is 0 Å². The van der Waals surface area contributed by atoms with Gasteiger partial charge >= 0.3 is 0 Å². The van der Waals surface area contributed by atoms with E-state index in [2.05, 4.69) is 15.0 Å². The van der Waals surface area contributed by atoms with Gasteiger partial charge in [0.2, 0.25) is 10.0 Å². The van der Waals surface area contributed by atoms with Crippen LogP contribution in [0.4, 0.5) is 5.69 Å². The molecule has 0 saturated heterocycles. The minimum absolute atomic E-state index is 0.220. The standard InChI is InChI=1S/C15H21N3O3S/c1-21-13-7-6-10-11(14(13)18-22(2,19)20)4-3-5-12(10)15-16-8-9-17-15/h6-7,12,18H,3-5,8-9H2,1-2H3,(H,16,17)/t12-/m0/s1. The Morgan fingerprint density at radius 2 is 2.23 bits per heavy atom. The van der Waals surface area contributed by atoms with Crippen molar-refractivity contribution in [1.29, 1.82) is 0 Å². The third kappa shape index (κ3) is 2.90. The largest absolute Gasteiger partial charge is 0.495 e. The Hall–Kier alpha value is -1.76. The highest BCUT2D eigenvalue weighted by molar-refractivity contribution is 7.92. The van der Waals surface area contributed by atoms with Crippen molar-refractivity contribution in [3.63, 3.8) is 0 Å². The van der Waals surface area contributed by atoms with E-state index in [4.69, 9.17) is 4.74 Å². The minimum Gasteiger partial charge on any atom is -0.495 e. The summed E-state index contributed by atoms with van der Waals surface area (Å²) in [6.07, 6.45) is 4.04. The molecule has 0 unspecified atom stereocenters. The summed E-state index contributed by atoms with van der Waals surface area (Å²) in [6.45, 7) is 1.69. The predicted octanol–water partition coefficient (Wildman–Crippen LogP) is 1.49. The Kier molecular flexibility index (Phi) is 3.99. The fourth-order valence-corrected chi connectivity index (χ4v) is 3.87. The first-order valence-electron chi connectivity index (χ1n) is 7.45. The minimum atomic E-state index is -3.36. The summed E-state index contributed by atoms with van der Waals surface area (Å²) in [4.78, 5) is 4.54. The second-order valence-corrected chi connectivity index (χ2v) is 7.47. The number of sulfonamides is 1. The molecule has 1 aliphatic heterocycles. The smallest absolute Gasteiger partial charge is 0.229 e. The van der Waals surface area contributed by atoms with Crippen LogP contribution in [0, 0.1) is 0 Å². The van der Waals surface area contributed by atoms with Crippen molar-refractivity contribution in [2.45, 2.75) is 25.2 Å². The van der Waals surface area contributed by atoms with Crippen LogP contribution >= 0.6 is 0 Å². The van der Waals surface area contributed by atoms with Gasteiger partial charge in [-0.15, -0.1) is 0 Å². The van der Waals surface area contributed by atoms with Gasteiger partial charge in [0, 0.05) is 12.5 Å². The lowest BCUT2D eigenvalue weighted by Gasteiger charge is -2.28. The van der Waals surface area contributed by atoms with Crippen molar-refractivity contribution in [1.82, 2.24) is 5.32 Å². The highest BCUT2D eigenvalue weighted by atomic mass is 32.2. The number of benzene rings is 1. The highest BCUT2D eigenvalue weighted by Crippen LogP contribution is 2.41. The zero-order valence-corrected chi connectivity index (χ0v) is 13.7. The molecule has 3 rings (SSSR count). The normalized spacial score (nSPS) is 20.8. The SMILES string of the molecule is COc1ccc2c(c1NS(C)(=O)=O)CCC[C@@H]2C1=NCCN1. The van der Waals surface area contributed by atoms with Gasteiger partial charge in [0.15, 0.2) is 0 Å². The Labute approximate surface area is 131 Å². The van der Waals surface area contributed by atoms with Crippen molar-refractivity contribution in [3.05, 3.63) is 23.3 Å². The summed E-state index contributed by atoms with van der Waals surface area (Å²) in [5.74, 6) is 1.81. The van der Waals surface area contributed by atoms with Crippen LogP contribution in [0.1, 0.15) is 29.9 Å². The van der Waals surface area contributed by atoms with Crippen LogP contribution in [0.3, 0.4) is 0 Å². The van der Waals surface area contributed by atoms with Crippen LogP contribution in [0.5, 0.6) is 5.75 Å². The van der Waals surface area contributed by atoms with E-state index >= 15 is 0 Å². The van der Waals surface area contributed by atoms with Gasteiger partial charge in [-0.1, -0.05) is 6.07 Å². The van der Waals surface area contributed by atoms with Crippen molar-refractivity contribution in [2.24, 2.45) is 4.99 Å². The Morgan fingerprint density at radius 1 is 1.41 bits per heavy atom. The van der Waals surface area contributed by atoms with Crippen LogP contribution in [0.15, 0.2) is 17.1 Å². The summed E-state index contributed by atoms with van der Waals surface area (Å²) in [7, 11) is -1.80. The van der Waals surface area contributed by atoms with Gasteiger partial charge in [0.05, 0.1) is 25.6 Å². The van der Waals surface area contributed by atoms with E-state index in [-0.39, 0.29) is 5.92 Å². The maximum atomic E-state index is 11.7. The molecule has 7 heteroatoms. The van der Waals surface area contributed by atoms with Crippen molar-refractivity contribution < 1.29 is 13.2 Å². The number of anilines is 1. The third-order valence-corrected chi connectivity index (χ3v) is 4.72. The molecule has 0 amide bonds. The lowest BCUT2D eigenvalue weighted by molar-refractivity contribution is 0.415. The molecule has 0 saturated carbocycles. The fraction of sp³-hybridized carbons (Fsp3) is 0.533. The van der Waals surface area contributed by atoms with E-state index in [1.54, 1.807) is 7.11 Å². The van der Waals surface area contributed by atoms with E-state index in [9.17, 15) is 8.42 Å². The number of aliphatic imine (C=N–C) groups is 1. The van der Waals surface area contributed by atoms with Crippen LogP contribution < -0.4 is 14.8 Å². The molecule has 2 N–H and O–H groups in total. The number of hydrogen-bond acceptors (Lipinski definition) is 5. The number of nitrogens with one attached hydrogen (secondary N) is 2. The van der Waals surface area contributed by atoms with Gasteiger partial charge in [-0.05, 0) is 36.5 Å². The second kappa shape index (κ2) is 5.79. The van der Waals surface area contributed by atoms with E-state index in [0.29, 0.717) is 11.4 Å². The monoisotopic (exact) mass is 323 g/mol. The molecular formula is C15H21N3O3S. The molecule has 1 aromatic carbocycles. The van der Waals surface area contributed by atoms with Gasteiger partial charge in [-0.25, -0.2) is 8.42 Å². The number of hydrogen-bond donors (Lipinski definition) is 2. The summed E-state index contributed by atoms with van der Waals surface area (Å²) in [5, 5.41) is 3.34. The summed E-state index contributed by atoms with van der Waals surface area (Å²) in [5.41, 5.74) is 2.74. The quantitative estimate of drug-likeness (QED) is 0.880. The molecule has 120 valence electrons. The van der Waals surface area contributed by atoms with Gasteiger partial charge in [0.25, 0.3) is 0 Å². The van der Waals surface area contributed by atoms with Crippen LogP contribution in [0.2, 0.25) is 0 Å². The zero-order valence-electron chi connectivity index (χ0n) is 12.8. The maximum absolute atomic E-state index is 11.7. The molecule has 1 heterocycles. The summed E-state index contributed by atoms with van der Waals surface area (Å²) in [6, 6.07) is 3.87. The summed E-state index contributed by atoms with van der Waals surface area (Å²) < 4.78 is 31.4. The van der Waals surface area contributed by atoms with Crippen molar-refractivity contribution in [3.8, 4) is 5.75 Å². The van der Waals surface area contributed by atoms with Gasteiger partial charge in [0.1, 0.15) is 11.6 Å². The lowest BCUT2D eigenvalue weighted by Crippen LogP contribution is -2.28. The molecule has 0 radical (unpaired) electrons. The Bertz CT molecular complexity index is 713. The van der Waals surface area contributed by atoms with Crippen molar-refractivity contribution in [2.75, 3.05) is 31.2 Å². The average Bonchev–Trinajstić information content (AvgIpc) is 2.99. The van der Waals surface area contributed by atoms with Gasteiger partial charge < -0.3 is 10.1 Å². The molecule has 1 atom stereocenters. The maximum Gasteiger partial charge on any atom is 0.229 e. The molecule has 2 aliphatic rings. The first kappa shape index (κ1) is 15.1. The number of methoxy groups -OCH3 is 1. The third-order valence-electron chi connectivity index (χ3n) is 4.14. The number of nitrogens with zero attached hydrogens (tertiary/aromatic N) is 1. The average molecular weight is 323 g/mol. The molecule has 0 aromatic heterocycles. The van der Waals surface area contributed by atoms with Crippen LogP contribution in [0.25, 0.3) is 0 Å². The first-order valence-corrected chi connectivity index (χ1v) is 9.34. The number of fused-ring (bicyclic) bond motifs is 1. The molecule has 0 bridgehead atoms. The highest BCUT2D eigenvalue weighted by Gasteiger charge is 2.29. The lowest BCUT2D eigenvalue weighted by atomic mass is 9.81. The molecule has 0 spiro atoms. The topological polar surface area (TPSA) is 79.8 Å². The fourth-order valence-electron chi connectivity index (χ4n) is 3.28. The van der Waals surface area contributed by atoms with Crippen LogP contribution in [-0.4, -0.2) is 40.7 Å². The van der Waals surface area contributed by atoms with E-state index in [0.717, 1.165) is 55.6 Å². The second-order valence-electron chi connectivity index (χ2n) is 5.72. The van der Waals surface area contributed by atoms with Crippen LogP contribution in [-0.2, 0) is 16.4 Å². The molecule has 6 nitrogen and oxygen atoms in total. The number of rotatable bonds is 4. The molecule has 0 fully saturated rings. The predicted molar refractivity (Wildman–Crippen MR) is 87.4 cm³/mol. The van der Waals surface area contributed by atoms with Crippen molar-refractivity contribution >= 4 is 21.5 Å². The molecule has 1 aromatic rings.